The minimum absolute atomic E-state index is 0.169. The van der Waals surface area contributed by atoms with Gasteiger partial charge in [0.1, 0.15) is 6.61 Å². The number of carbonyl (C=O) groups is 2. The number of carboxylic acid groups (broad SMARTS) is 1. The molecule has 1 heterocycles. The van der Waals surface area contributed by atoms with Gasteiger partial charge < -0.3 is 14.7 Å². The fourth-order valence-corrected chi connectivity index (χ4v) is 2.19. The number of hydrogen-bond acceptors (Lipinski definition) is 3. The molecule has 0 aliphatic carbocycles. The summed E-state index contributed by atoms with van der Waals surface area (Å²) in [5.74, 6) is -1.51. The molecule has 0 bridgehead atoms. The van der Waals surface area contributed by atoms with E-state index in [4.69, 9.17) is 9.84 Å². The molecule has 0 aromatic heterocycles. The van der Waals surface area contributed by atoms with Gasteiger partial charge in [-0.1, -0.05) is 42.5 Å². The second-order valence-corrected chi connectivity index (χ2v) is 4.91. The highest BCUT2D eigenvalue weighted by Crippen LogP contribution is 2.21. The summed E-state index contributed by atoms with van der Waals surface area (Å²) in [5.41, 5.74) is 1.63. The Bertz CT molecular complexity index is 512. The number of carboxylic acids is 1. The summed E-state index contributed by atoms with van der Waals surface area (Å²) in [4.78, 5) is 24.4. The molecule has 1 aromatic carbocycles. The topological polar surface area (TPSA) is 66.8 Å². The molecule has 1 N–H and O–H groups in total. The van der Waals surface area contributed by atoms with Gasteiger partial charge in [0.2, 0.25) is 0 Å². The van der Waals surface area contributed by atoms with Gasteiger partial charge in [0.05, 0.1) is 5.92 Å². The molecule has 0 saturated carbocycles. The van der Waals surface area contributed by atoms with Gasteiger partial charge in [-0.25, -0.2) is 4.79 Å². The highest BCUT2D eigenvalue weighted by Gasteiger charge is 2.30. The van der Waals surface area contributed by atoms with Gasteiger partial charge in [-0.15, -0.1) is 0 Å². The summed E-state index contributed by atoms with van der Waals surface area (Å²) < 4.78 is 5.20. The summed E-state index contributed by atoms with van der Waals surface area (Å²) in [7, 11) is 0. The van der Waals surface area contributed by atoms with Crippen LogP contribution in [0.3, 0.4) is 0 Å². The van der Waals surface area contributed by atoms with Crippen LogP contribution >= 0.6 is 0 Å². The van der Waals surface area contributed by atoms with Crippen molar-refractivity contribution in [1.82, 2.24) is 4.90 Å². The smallest absolute Gasteiger partial charge is 0.410 e. The van der Waals surface area contributed by atoms with Crippen molar-refractivity contribution in [3.63, 3.8) is 0 Å². The van der Waals surface area contributed by atoms with E-state index in [1.807, 2.05) is 30.3 Å². The van der Waals surface area contributed by atoms with Crippen LogP contribution in [-0.2, 0) is 16.1 Å². The van der Waals surface area contributed by atoms with Crippen molar-refractivity contribution in [2.45, 2.75) is 13.0 Å². The van der Waals surface area contributed by atoms with E-state index in [0.717, 1.165) is 11.1 Å². The Morgan fingerprint density at radius 3 is 2.70 bits per heavy atom. The summed E-state index contributed by atoms with van der Waals surface area (Å²) >= 11 is 0. The highest BCUT2D eigenvalue weighted by molar-refractivity contribution is 5.74. The van der Waals surface area contributed by atoms with Crippen LogP contribution in [0.4, 0.5) is 4.79 Å². The number of carbonyl (C=O) groups excluding carboxylic acids is 1. The van der Waals surface area contributed by atoms with Crippen LogP contribution in [0.15, 0.2) is 42.5 Å². The van der Waals surface area contributed by atoms with Gasteiger partial charge in [-0.3, -0.25) is 4.79 Å². The van der Waals surface area contributed by atoms with Gasteiger partial charge in [-0.05, 0) is 12.0 Å². The second-order valence-electron chi connectivity index (χ2n) is 4.91. The summed E-state index contributed by atoms with van der Waals surface area (Å²) in [6, 6.07) is 9.35. The summed E-state index contributed by atoms with van der Waals surface area (Å²) in [6.45, 7) is 4.49. The van der Waals surface area contributed by atoms with Crippen molar-refractivity contribution in [1.29, 1.82) is 0 Å². The quantitative estimate of drug-likeness (QED) is 0.859. The van der Waals surface area contributed by atoms with Crippen LogP contribution in [0, 0.1) is 5.92 Å². The lowest BCUT2D eigenvalue weighted by Gasteiger charge is -2.31. The Morgan fingerprint density at radius 2 is 2.05 bits per heavy atom. The molecular weight excluding hydrogens is 258 g/mol. The zero-order valence-electron chi connectivity index (χ0n) is 11.1. The Balaban J connectivity index is 1.91. The first kappa shape index (κ1) is 14.1. The van der Waals surface area contributed by atoms with Crippen LogP contribution in [-0.4, -0.2) is 35.2 Å². The number of benzene rings is 1. The molecule has 1 aromatic rings. The van der Waals surface area contributed by atoms with Crippen molar-refractivity contribution in [3.05, 3.63) is 48.0 Å². The van der Waals surface area contributed by atoms with Gasteiger partial charge >= 0.3 is 12.1 Å². The van der Waals surface area contributed by atoms with E-state index in [9.17, 15) is 9.59 Å². The lowest BCUT2D eigenvalue weighted by molar-refractivity contribution is -0.142. The molecule has 1 fully saturated rings. The number of aliphatic carboxylic acids is 1. The molecule has 0 radical (unpaired) electrons. The molecule has 1 atom stereocenters. The average molecular weight is 275 g/mol. The van der Waals surface area contributed by atoms with E-state index in [-0.39, 0.29) is 13.2 Å². The number of likely N-dealkylation sites (tertiary alicyclic amines) is 1. The Labute approximate surface area is 117 Å². The monoisotopic (exact) mass is 275 g/mol. The first-order chi connectivity index (χ1) is 9.56. The van der Waals surface area contributed by atoms with E-state index in [1.54, 1.807) is 0 Å². The van der Waals surface area contributed by atoms with Crippen molar-refractivity contribution in [2.24, 2.45) is 5.92 Å². The molecule has 1 unspecified atom stereocenters. The third-order valence-corrected chi connectivity index (χ3v) is 3.20. The molecule has 0 spiro atoms. The lowest BCUT2D eigenvalue weighted by atomic mass is 9.95. The van der Waals surface area contributed by atoms with Crippen molar-refractivity contribution >= 4 is 12.1 Å². The van der Waals surface area contributed by atoms with Crippen LogP contribution in [0.25, 0.3) is 0 Å². The number of ether oxygens (including phenoxy) is 1. The molecule has 2 rings (SSSR count). The molecule has 1 saturated heterocycles. The number of amides is 1. The maximum Gasteiger partial charge on any atom is 0.410 e. The first-order valence-corrected chi connectivity index (χ1v) is 6.41. The van der Waals surface area contributed by atoms with E-state index < -0.39 is 18.0 Å². The van der Waals surface area contributed by atoms with Crippen LogP contribution < -0.4 is 0 Å². The Hall–Kier alpha value is -2.30. The molecule has 1 amide bonds. The number of rotatable bonds is 3. The van der Waals surface area contributed by atoms with Crippen LogP contribution in [0.2, 0.25) is 0 Å². The number of hydrogen-bond donors (Lipinski definition) is 1. The zero-order chi connectivity index (χ0) is 14.5. The Morgan fingerprint density at radius 1 is 1.35 bits per heavy atom. The number of nitrogens with zero attached hydrogens (tertiary/aromatic N) is 1. The standard InChI is InChI=1S/C15H17NO4/c1-11-7-13(14(17)18)9-16(8-11)15(19)20-10-12-5-3-2-4-6-12/h2-6,13H,1,7-10H2,(H,17,18). The third-order valence-electron chi connectivity index (χ3n) is 3.20. The number of piperidine rings is 1. The van der Waals surface area contributed by atoms with Crippen molar-refractivity contribution in [3.8, 4) is 0 Å². The van der Waals surface area contributed by atoms with Gasteiger partial charge in [0, 0.05) is 13.1 Å². The summed E-state index contributed by atoms with van der Waals surface area (Å²) in [5, 5.41) is 9.04. The maximum absolute atomic E-state index is 12.0. The fraction of sp³-hybridized carbons (Fsp3) is 0.333. The minimum atomic E-state index is -0.910. The van der Waals surface area contributed by atoms with Crippen LogP contribution in [0.5, 0.6) is 0 Å². The normalized spacial score (nSPS) is 18.7. The highest BCUT2D eigenvalue weighted by atomic mass is 16.6. The molecule has 5 nitrogen and oxygen atoms in total. The van der Waals surface area contributed by atoms with E-state index in [0.29, 0.717) is 13.0 Å². The predicted molar refractivity (Wildman–Crippen MR) is 73.1 cm³/mol. The second kappa shape index (κ2) is 6.23. The molecule has 1 aliphatic rings. The van der Waals surface area contributed by atoms with E-state index in [1.165, 1.54) is 4.90 Å². The van der Waals surface area contributed by atoms with Crippen LogP contribution in [0.1, 0.15) is 12.0 Å². The molecular formula is C15H17NO4. The molecule has 5 heteroatoms. The fourth-order valence-electron chi connectivity index (χ4n) is 2.19. The maximum atomic E-state index is 12.0. The first-order valence-electron chi connectivity index (χ1n) is 6.41. The van der Waals surface area contributed by atoms with Crippen molar-refractivity contribution < 1.29 is 19.4 Å². The average Bonchev–Trinajstić information content (AvgIpc) is 2.45. The zero-order valence-corrected chi connectivity index (χ0v) is 11.1. The van der Waals surface area contributed by atoms with Gasteiger partial charge in [0.25, 0.3) is 0 Å². The van der Waals surface area contributed by atoms with Gasteiger partial charge in [0.15, 0.2) is 0 Å². The van der Waals surface area contributed by atoms with Gasteiger partial charge in [-0.2, -0.15) is 0 Å². The Kier molecular flexibility index (Phi) is 4.40. The summed E-state index contributed by atoms with van der Waals surface area (Å²) in [6.07, 6.45) is -0.0846. The van der Waals surface area contributed by atoms with Crippen molar-refractivity contribution in [2.75, 3.05) is 13.1 Å². The predicted octanol–water partition coefficient (Wildman–Crippen LogP) is 2.29. The van der Waals surface area contributed by atoms with E-state index >= 15 is 0 Å². The largest absolute Gasteiger partial charge is 0.481 e. The molecule has 1 aliphatic heterocycles. The molecule has 20 heavy (non-hydrogen) atoms. The SMILES string of the molecule is C=C1CC(C(=O)O)CN(C(=O)OCc2ccccc2)C1. The molecule has 106 valence electrons. The lowest BCUT2D eigenvalue weighted by Crippen LogP contribution is -2.43. The minimum Gasteiger partial charge on any atom is -0.481 e. The third kappa shape index (κ3) is 3.60. The van der Waals surface area contributed by atoms with E-state index in [2.05, 4.69) is 6.58 Å².